The minimum Gasteiger partial charge on any atom is -0.308 e. The Bertz CT molecular complexity index is 800. The summed E-state index contributed by atoms with van der Waals surface area (Å²) in [7, 11) is 0. The molecule has 3 aromatic rings. The average molecular weight is 316 g/mol. The van der Waals surface area contributed by atoms with Crippen molar-refractivity contribution in [3.63, 3.8) is 0 Å². The van der Waals surface area contributed by atoms with Crippen molar-refractivity contribution in [2.45, 2.75) is 13.5 Å². The summed E-state index contributed by atoms with van der Waals surface area (Å²) in [6, 6.07) is 27.4. The number of rotatable bonds is 4. The van der Waals surface area contributed by atoms with Crippen molar-refractivity contribution in [1.82, 2.24) is 0 Å². The molecule has 0 saturated carbocycles. The van der Waals surface area contributed by atoms with Crippen molar-refractivity contribution in [3.8, 4) is 0 Å². The van der Waals surface area contributed by atoms with E-state index in [4.69, 9.17) is 0 Å². The van der Waals surface area contributed by atoms with Gasteiger partial charge in [-0.05, 0) is 42.3 Å². The molecule has 2 amide bonds. The summed E-state index contributed by atoms with van der Waals surface area (Å²) < 4.78 is 0. The smallest absolute Gasteiger partial charge is 0.308 e. The van der Waals surface area contributed by atoms with E-state index >= 15 is 0 Å². The van der Waals surface area contributed by atoms with Crippen molar-refractivity contribution < 1.29 is 4.79 Å². The van der Waals surface area contributed by atoms with E-state index in [0.29, 0.717) is 6.54 Å². The van der Waals surface area contributed by atoms with Crippen LogP contribution in [0.15, 0.2) is 84.9 Å². The first-order chi connectivity index (χ1) is 11.7. The second-order valence-electron chi connectivity index (χ2n) is 5.71. The van der Waals surface area contributed by atoms with E-state index in [2.05, 4.69) is 5.32 Å². The van der Waals surface area contributed by atoms with Gasteiger partial charge in [0.1, 0.15) is 0 Å². The van der Waals surface area contributed by atoms with Gasteiger partial charge in [0.15, 0.2) is 0 Å². The van der Waals surface area contributed by atoms with Crippen LogP contribution in [0.1, 0.15) is 11.1 Å². The van der Waals surface area contributed by atoms with Gasteiger partial charge in [0.05, 0.1) is 6.54 Å². The zero-order chi connectivity index (χ0) is 16.8. The molecule has 0 atom stereocenters. The van der Waals surface area contributed by atoms with Crippen LogP contribution in [0, 0.1) is 6.92 Å². The molecule has 0 radical (unpaired) electrons. The van der Waals surface area contributed by atoms with E-state index in [-0.39, 0.29) is 6.03 Å². The fourth-order valence-corrected chi connectivity index (χ4v) is 2.57. The maximum Gasteiger partial charge on any atom is 0.326 e. The molecule has 0 fully saturated rings. The third kappa shape index (κ3) is 4.02. The van der Waals surface area contributed by atoms with Crippen LogP contribution in [0.3, 0.4) is 0 Å². The van der Waals surface area contributed by atoms with Crippen molar-refractivity contribution in [2.75, 3.05) is 10.2 Å². The number of para-hydroxylation sites is 1. The molecule has 24 heavy (non-hydrogen) atoms. The molecule has 0 heterocycles. The van der Waals surface area contributed by atoms with Crippen molar-refractivity contribution >= 4 is 17.4 Å². The molecule has 3 aromatic carbocycles. The van der Waals surface area contributed by atoms with Crippen LogP contribution in [0.4, 0.5) is 16.2 Å². The molecule has 0 aromatic heterocycles. The molecule has 0 aliphatic rings. The van der Waals surface area contributed by atoms with Crippen LogP contribution in [0.25, 0.3) is 0 Å². The Labute approximate surface area is 142 Å². The van der Waals surface area contributed by atoms with Gasteiger partial charge in [0.25, 0.3) is 0 Å². The number of amides is 2. The lowest BCUT2D eigenvalue weighted by atomic mass is 10.2. The Morgan fingerprint density at radius 2 is 1.54 bits per heavy atom. The second kappa shape index (κ2) is 7.47. The number of urea groups is 1. The fraction of sp³-hybridized carbons (Fsp3) is 0.0952. The van der Waals surface area contributed by atoms with E-state index in [1.54, 1.807) is 4.90 Å². The minimum atomic E-state index is -0.143. The highest BCUT2D eigenvalue weighted by molar-refractivity contribution is 6.01. The van der Waals surface area contributed by atoms with Crippen LogP contribution in [0.5, 0.6) is 0 Å². The zero-order valence-electron chi connectivity index (χ0n) is 13.6. The van der Waals surface area contributed by atoms with Gasteiger partial charge in [0, 0.05) is 11.4 Å². The molecule has 0 spiro atoms. The predicted octanol–water partition coefficient (Wildman–Crippen LogP) is 5.23. The van der Waals surface area contributed by atoms with Crippen LogP contribution in [0.2, 0.25) is 0 Å². The Kier molecular flexibility index (Phi) is 4.92. The summed E-state index contributed by atoms with van der Waals surface area (Å²) in [5, 5.41) is 2.99. The van der Waals surface area contributed by atoms with Gasteiger partial charge in [-0.2, -0.15) is 0 Å². The van der Waals surface area contributed by atoms with Gasteiger partial charge in [0.2, 0.25) is 0 Å². The average Bonchev–Trinajstić information content (AvgIpc) is 2.61. The summed E-state index contributed by atoms with van der Waals surface area (Å²) in [4.78, 5) is 14.6. The highest BCUT2D eigenvalue weighted by Gasteiger charge is 2.16. The van der Waals surface area contributed by atoms with Crippen LogP contribution in [-0.2, 0) is 6.54 Å². The van der Waals surface area contributed by atoms with Crippen LogP contribution < -0.4 is 10.2 Å². The molecule has 1 N–H and O–H groups in total. The van der Waals surface area contributed by atoms with E-state index in [1.807, 2.05) is 91.9 Å². The molecule has 0 saturated heterocycles. The summed E-state index contributed by atoms with van der Waals surface area (Å²) in [6.07, 6.45) is 0. The van der Waals surface area contributed by atoms with Gasteiger partial charge < -0.3 is 5.32 Å². The van der Waals surface area contributed by atoms with E-state index < -0.39 is 0 Å². The third-order valence-corrected chi connectivity index (χ3v) is 3.77. The highest BCUT2D eigenvalue weighted by atomic mass is 16.2. The quantitative estimate of drug-likeness (QED) is 0.702. The first-order valence-electron chi connectivity index (χ1n) is 7.96. The van der Waals surface area contributed by atoms with Crippen molar-refractivity contribution in [1.29, 1.82) is 0 Å². The molecule has 0 unspecified atom stereocenters. The largest absolute Gasteiger partial charge is 0.326 e. The van der Waals surface area contributed by atoms with E-state index in [9.17, 15) is 4.79 Å². The normalized spacial score (nSPS) is 10.2. The summed E-state index contributed by atoms with van der Waals surface area (Å²) in [5.74, 6) is 0. The van der Waals surface area contributed by atoms with Crippen LogP contribution in [-0.4, -0.2) is 6.03 Å². The lowest BCUT2D eigenvalue weighted by Gasteiger charge is -2.23. The first-order valence-corrected chi connectivity index (χ1v) is 7.96. The lowest BCUT2D eigenvalue weighted by Crippen LogP contribution is -2.34. The number of nitrogens with zero attached hydrogens (tertiary/aromatic N) is 1. The molecule has 0 aliphatic heterocycles. The Morgan fingerprint density at radius 1 is 0.875 bits per heavy atom. The Morgan fingerprint density at radius 3 is 2.21 bits per heavy atom. The molecule has 3 nitrogen and oxygen atoms in total. The maximum absolute atomic E-state index is 12.8. The first kappa shape index (κ1) is 15.8. The number of carbonyl (C=O) groups is 1. The van der Waals surface area contributed by atoms with Gasteiger partial charge in [-0.1, -0.05) is 60.7 Å². The van der Waals surface area contributed by atoms with Gasteiger partial charge in [-0.25, -0.2) is 4.79 Å². The molecule has 0 bridgehead atoms. The fourth-order valence-electron chi connectivity index (χ4n) is 2.57. The summed E-state index contributed by atoms with van der Waals surface area (Å²) in [6.45, 7) is 2.52. The SMILES string of the molecule is Cc1cccc(NC(=O)N(Cc2ccccc2)c2ccccc2)c1. The number of hydrogen-bond donors (Lipinski definition) is 1. The molecular weight excluding hydrogens is 296 g/mol. The highest BCUT2D eigenvalue weighted by Crippen LogP contribution is 2.19. The minimum absolute atomic E-state index is 0.143. The lowest BCUT2D eigenvalue weighted by molar-refractivity contribution is 0.256. The van der Waals surface area contributed by atoms with Crippen molar-refractivity contribution in [2.24, 2.45) is 0 Å². The third-order valence-electron chi connectivity index (χ3n) is 3.77. The second-order valence-corrected chi connectivity index (χ2v) is 5.71. The van der Waals surface area contributed by atoms with Gasteiger partial charge >= 0.3 is 6.03 Å². The number of carbonyl (C=O) groups excluding carboxylic acids is 1. The standard InChI is InChI=1S/C21H20N2O/c1-17-9-8-12-19(15-17)22-21(24)23(20-13-6-3-7-14-20)16-18-10-4-2-5-11-18/h2-15H,16H2,1H3,(H,22,24). The molecular formula is C21H20N2O. The maximum atomic E-state index is 12.8. The molecule has 3 heteroatoms. The number of benzene rings is 3. The summed E-state index contributed by atoms with van der Waals surface area (Å²) >= 11 is 0. The number of hydrogen-bond acceptors (Lipinski definition) is 1. The predicted molar refractivity (Wildman–Crippen MR) is 99.3 cm³/mol. The number of aryl methyl sites for hydroxylation is 1. The number of anilines is 2. The molecule has 0 aliphatic carbocycles. The monoisotopic (exact) mass is 316 g/mol. The van der Waals surface area contributed by atoms with E-state index in [1.165, 1.54) is 0 Å². The van der Waals surface area contributed by atoms with E-state index in [0.717, 1.165) is 22.5 Å². The van der Waals surface area contributed by atoms with Crippen molar-refractivity contribution in [3.05, 3.63) is 96.1 Å². The van der Waals surface area contributed by atoms with Gasteiger partial charge in [-0.15, -0.1) is 0 Å². The van der Waals surface area contributed by atoms with Gasteiger partial charge in [-0.3, -0.25) is 4.90 Å². The Balaban J connectivity index is 1.85. The summed E-state index contributed by atoms with van der Waals surface area (Å²) in [5.41, 5.74) is 3.86. The number of nitrogens with one attached hydrogen (secondary N) is 1. The zero-order valence-corrected chi connectivity index (χ0v) is 13.6. The topological polar surface area (TPSA) is 32.3 Å². The molecule has 3 rings (SSSR count). The molecule has 120 valence electrons. The van der Waals surface area contributed by atoms with Crippen LogP contribution >= 0.6 is 0 Å². The Hall–Kier alpha value is -3.07.